The molecule has 98 valence electrons. The van der Waals surface area contributed by atoms with Gasteiger partial charge in [0.25, 0.3) is 0 Å². The number of anilines is 1. The minimum absolute atomic E-state index is 0.328. The fourth-order valence-corrected chi connectivity index (χ4v) is 2.40. The second-order valence-corrected chi connectivity index (χ2v) is 5.79. The van der Waals surface area contributed by atoms with E-state index in [0.29, 0.717) is 10.7 Å². The first-order chi connectivity index (χ1) is 8.31. The topological polar surface area (TPSA) is 44.5 Å². The molecule has 0 aliphatic carbocycles. The molecule has 1 fully saturated rings. The van der Waals surface area contributed by atoms with Gasteiger partial charge in [0.1, 0.15) is 0 Å². The van der Waals surface area contributed by atoms with Crippen LogP contribution in [0.4, 0.5) is 5.69 Å². The Hall–Kier alpha value is -0.705. The summed E-state index contributed by atoms with van der Waals surface area (Å²) in [5, 5.41) is 0.513. The highest BCUT2D eigenvalue weighted by Gasteiger charge is 2.53. The number of nitrogens with two attached hydrogens (primary N) is 1. The summed E-state index contributed by atoms with van der Waals surface area (Å²) in [5.41, 5.74) is 6.46. The number of halogens is 1. The molecule has 0 aromatic heterocycles. The largest absolute Gasteiger partial charge is 0.496 e. The second-order valence-electron chi connectivity index (χ2n) is 5.41. The van der Waals surface area contributed by atoms with Crippen molar-refractivity contribution in [1.29, 1.82) is 0 Å². The highest BCUT2D eigenvalue weighted by Crippen LogP contribution is 2.39. The molecule has 1 aromatic rings. The highest BCUT2D eigenvalue weighted by molar-refractivity contribution is 6.66. The van der Waals surface area contributed by atoms with Gasteiger partial charge in [-0.25, -0.2) is 0 Å². The lowest BCUT2D eigenvalue weighted by atomic mass is 9.79. The number of benzene rings is 1. The van der Waals surface area contributed by atoms with Gasteiger partial charge in [0.2, 0.25) is 0 Å². The Bertz CT molecular complexity index is 466. The first kappa shape index (κ1) is 13.7. The summed E-state index contributed by atoms with van der Waals surface area (Å²) in [6.07, 6.45) is 0.871. The molecule has 2 rings (SSSR count). The van der Waals surface area contributed by atoms with Crippen molar-refractivity contribution < 1.29 is 9.31 Å². The maximum absolute atomic E-state index is 6.22. The predicted octanol–water partition coefficient (Wildman–Crippen LogP) is 2.61. The van der Waals surface area contributed by atoms with E-state index in [1.165, 1.54) is 0 Å². The Labute approximate surface area is 114 Å². The summed E-state index contributed by atoms with van der Waals surface area (Å²) >= 11 is 6.22. The zero-order valence-electron chi connectivity index (χ0n) is 11.3. The number of rotatable bonds is 2. The Kier molecular flexibility index (Phi) is 3.39. The summed E-state index contributed by atoms with van der Waals surface area (Å²) < 4.78 is 12.1. The molecule has 18 heavy (non-hydrogen) atoms. The van der Waals surface area contributed by atoms with Crippen LogP contribution in [0, 0.1) is 0 Å². The van der Waals surface area contributed by atoms with Crippen LogP contribution in [0.2, 0.25) is 5.02 Å². The molecule has 1 saturated heterocycles. The number of hydrogen-bond acceptors (Lipinski definition) is 3. The van der Waals surface area contributed by atoms with E-state index in [1.54, 1.807) is 6.07 Å². The van der Waals surface area contributed by atoms with Crippen LogP contribution in [-0.2, 0) is 9.31 Å². The van der Waals surface area contributed by atoms with E-state index in [1.807, 2.05) is 26.0 Å². The maximum atomic E-state index is 6.22. The molecule has 0 bridgehead atoms. The SMILES string of the molecule is CCC1(C)OB(c2cccc(N)c2Cl)OC1(C)C. The molecule has 2 N–H and O–H groups in total. The van der Waals surface area contributed by atoms with Gasteiger partial charge in [-0.15, -0.1) is 0 Å². The third-order valence-corrected chi connectivity index (χ3v) is 4.47. The minimum Gasteiger partial charge on any atom is -0.399 e. The van der Waals surface area contributed by atoms with Crippen LogP contribution >= 0.6 is 11.6 Å². The second kappa shape index (κ2) is 4.44. The zero-order valence-corrected chi connectivity index (χ0v) is 12.0. The minimum atomic E-state index is -0.457. The van der Waals surface area contributed by atoms with E-state index in [4.69, 9.17) is 26.6 Å². The standard InChI is InChI=1S/C13H19BClNO2/c1-5-13(4)12(2,3)17-14(18-13)9-7-6-8-10(16)11(9)15/h6-8H,5,16H2,1-4H3. The summed E-state index contributed by atoms with van der Waals surface area (Å²) in [4.78, 5) is 0. The molecular weight excluding hydrogens is 248 g/mol. The first-order valence-electron chi connectivity index (χ1n) is 6.20. The molecule has 1 unspecified atom stereocenters. The molecule has 3 nitrogen and oxygen atoms in total. The Morgan fingerprint density at radius 1 is 1.28 bits per heavy atom. The van der Waals surface area contributed by atoms with Crippen LogP contribution < -0.4 is 11.2 Å². The number of nitrogen functional groups attached to an aromatic ring is 1. The fourth-order valence-electron chi connectivity index (χ4n) is 2.18. The van der Waals surface area contributed by atoms with E-state index in [2.05, 4.69) is 13.8 Å². The molecule has 1 heterocycles. The molecule has 0 radical (unpaired) electrons. The quantitative estimate of drug-likeness (QED) is 0.662. The van der Waals surface area contributed by atoms with E-state index in [9.17, 15) is 0 Å². The van der Waals surface area contributed by atoms with Crippen LogP contribution in [0.15, 0.2) is 18.2 Å². The number of hydrogen-bond donors (Lipinski definition) is 1. The van der Waals surface area contributed by atoms with Gasteiger partial charge in [-0.3, -0.25) is 0 Å². The van der Waals surface area contributed by atoms with Crippen molar-refractivity contribution in [2.75, 3.05) is 5.73 Å². The highest BCUT2D eigenvalue weighted by atomic mass is 35.5. The van der Waals surface area contributed by atoms with E-state index in [-0.39, 0.29) is 11.2 Å². The average molecular weight is 268 g/mol. The van der Waals surface area contributed by atoms with Gasteiger partial charge in [-0.05, 0) is 33.3 Å². The van der Waals surface area contributed by atoms with Gasteiger partial charge in [-0.2, -0.15) is 0 Å². The van der Waals surface area contributed by atoms with Crippen molar-refractivity contribution >= 4 is 29.9 Å². The van der Waals surface area contributed by atoms with E-state index in [0.717, 1.165) is 11.9 Å². The lowest BCUT2D eigenvalue weighted by Gasteiger charge is -2.35. The van der Waals surface area contributed by atoms with Gasteiger partial charge >= 0.3 is 7.12 Å². The third-order valence-electron chi connectivity index (χ3n) is 4.03. The molecule has 5 heteroatoms. The fraction of sp³-hybridized carbons (Fsp3) is 0.538. The van der Waals surface area contributed by atoms with Crippen molar-refractivity contribution in [2.24, 2.45) is 0 Å². The molecular formula is C13H19BClNO2. The van der Waals surface area contributed by atoms with Gasteiger partial charge in [-0.1, -0.05) is 30.7 Å². The third kappa shape index (κ3) is 2.02. The van der Waals surface area contributed by atoms with Crippen molar-refractivity contribution in [3.8, 4) is 0 Å². The van der Waals surface area contributed by atoms with E-state index < -0.39 is 7.12 Å². The van der Waals surface area contributed by atoms with Crippen molar-refractivity contribution in [3.63, 3.8) is 0 Å². The van der Waals surface area contributed by atoms with Crippen LogP contribution in [0.3, 0.4) is 0 Å². The van der Waals surface area contributed by atoms with E-state index >= 15 is 0 Å². The molecule has 1 atom stereocenters. The zero-order chi connectivity index (χ0) is 13.6. The van der Waals surface area contributed by atoms with Crippen molar-refractivity contribution in [3.05, 3.63) is 23.2 Å². The van der Waals surface area contributed by atoms with Crippen molar-refractivity contribution in [2.45, 2.75) is 45.3 Å². The summed E-state index contributed by atoms with van der Waals surface area (Å²) in [7, 11) is -0.457. The molecule has 1 aliphatic heterocycles. The molecule has 0 spiro atoms. The van der Waals surface area contributed by atoms with Gasteiger partial charge in [0, 0.05) is 11.2 Å². The van der Waals surface area contributed by atoms with Crippen LogP contribution in [0.25, 0.3) is 0 Å². The Morgan fingerprint density at radius 3 is 2.50 bits per heavy atom. The lowest BCUT2D eigenvalue weighted by Crippen LogP contribution is -2.44. The first-order valence-corrected chi connectivity index (χ1v) is 6.58. The molecule has 0 saturated carbocycles. The molecule has 1 aliphatic rings. The molecule has 1 aromatic carbocycles. The average Bonchev–Trinajstić information content (AvgIpc) is 2.54. The predicted molar refractivity (Wildman–Crippen MR) is 76.2 cm³/mol. The van der Waals surface area contributed by atoms with Crippen LogP contribution in [0.1, 0.15) is 34.1 Å². The smallest absolute Gasteiger partial charge is 0.399 e. The molecule has 0 amide bonds. The Balaban J connectivity index is 2.36. The maximum Gasteiger partial charge on any atom is 0.496 e. The lowest BCUT2D eigenvalue weighted by molar-refractivity contribution is -0.0118. The van der Waals surface area contributed by atoms with Crippen LogP contribution in [0.5, 0.6) is 0 Å². The summed E-state index contributed by atoms with van der Waals surface area (Å²) in [6.45, 7) is 8.23. The van der Waals surface area contributed by atoms with Gasteiger partial charge in [0.05, 0.1) is 16.2 Å². The normalized spacial score (nSPS) is 26.6. The van der Waals surface area contributed by atoms with Crippen molar-refractivity contribution in [1.82, 2.24) is 0 Å². The summed E-state index contributed by atoms with van der Waals surface area (Å²) in [5.74, 6) is 0. The van der Waals surface area contributed by atoms with Crippen LogP contribution in [-0.4, -0.2) is 18.3 Å². The monoisotopic (exact) mass is 267 g/mol. The van der Waals surface area contributed by atoms with Gasteiger partial charge < -0.3 is 15.0 Å². The van der Waals surface area contributed by atoms with Gasteiger partial charge in [0.15, 0.2) is 0 Å². The summed E-state index contributed by atoms with van der Waals surface area (Å²) in [6, 6.07) is 5.52. The Morgan fingerprint density at radius 2 is 1.94 bits per heavy atom.